The van der Waals surface area contributed by atoms with E-state index < -0.39 is 0 Å². The van der Waals surface area contributed by atoms with Crippen LogP contribution in [-0.4, -0.2) is 90.4 Å². The standard InChI is InChI=1S/C32H39N5O5/c1-40-27-7-2-22(3-8-27)19-37-30(38)10-13-36(32(37)39)31-28-16-24(4-9-29(28)42-33-31)18-35-21-25-5-6-26(35)20-34(25)17-23-11-14-41-15-12-23/h2-4,7-9,16,23,25-26H,5-6,10-15,17-21H2,1H3. The van der Waals surface area contributed by atoms with Crippen LogP contribution in [0.2, 0.25) is 0 Å². The van der Waals surface area contributed by atoms with Crippen LogP contribution in [0.5, 0.6) is 5.75 Å². The Morgan fingerprint density at radius 1 is 0.905 bits per heavy atom. The molecule has 5 fully saturated rings. The van der Waals surface area contributed by atoms with Gasteiger partial charge in [0, 0.05) is 64.4 Å². The summed E-state index contributed by atoms with van der Waals surface area (Å²) in [6.45, 7) is 6.60. The number of piperidine rings is 2. The molecule has 10 heteroatoms. The average Bonchev–Trinajstić information content (AvgIpc) is 3.44. The number of imide groups is 1. The van der Waals surface area contributed by atoms with Crippen LogP contribution in [0.3, 0.4) is 0 Å². The molecule has 2 aromatic carbocycles. The number of hydrogen-bond donors (Lipinski definition) is 0. The number of aromatic nitrogens is 1. The molecule has 3 amide bonds. The van der Waals surface area contributed by atoms with Crippen LogP contribution in [0.4, 0.5) is 10.6 Å². The molecule has 8 rings (SSSR count). The first-order valence-electron chi connectivity index (χ1n) is 15.2. The number of anilines is 1. The van der Waals surface area contributed by atoms with Crippen molar-refractivity contribution in [2.45, 2.75) is 57.3 Å². The zero-order chi connectivity index (χ0) is 28.6. The predicted octanol–water partition coefficient (Wildman–Crippen LogP) is 4.27. The van der Waals surface area contributed by atoms with Crippen molar-refractivity contribution in [2.24, 2.45) is 5.92 Å². The van der Waals surface area contributed by atoms with Crippen LogP contribution in [0, 0.1) is 5.92 Å². The van der Waals surface area contributed by atoms with Crippen LogP contribution >= 0.6 is 0 Å². The molecule has 10 nitrogen and oxygen atoms in total. The highest BCUT2D eigenvalue weighted by molar-refractivity contribution is 6.08. The number of hydrogen-bond acceptors (Lipinski definition) is 8. The van der Waals surface area contributed by atoms with Crippen LogP contribution in [-0.2, 0) is 22.6 Å². The smallest absolute Gasteiger partial charge is 0.332 e. The number of fused-ring (bicyclic) bond motifs is 4. The van der Waals surface area contributed by atoms with E-state index in [9.17, 15) is 9.59 Å². The number of ether oxygens (including phenoxy) is 2. The lowest BCUT2D eigenvalue weighted by Gasteiger charge is -2.52. The Bertz CT molecular complexity index is 1430. The largest absolute Gasteiger partial charge is 0.497 e. The zero-order valence-electron chi connectivity index (χ0n) is 24.2. The number of amides is 3. The number of carbonyl (C=O) groups is 2. The van der Waals surface area contributed by atoms with Gasteiger partial charge in [-0.05, 0) is 67.0 Å². The zero-order valence-corrected chi connectivity index (χ0v) is 24.2. The fourth-order valence-electron chi connectivity index (χ4n) is 7.14. The highest BCUT2D eigenvalue weighted by Crippen LogP contribution is 2.34. The van der Waals surface area contributed by atoms with Crippen molar-refractivity contribution in [3.63, 3.8) is 0 Å². The lowest BCUT2D eigenvalue weighted by Crippen LogP contribution is -2.62. The fourth-order valence-corrected chi connectivity index (χ4v) is 7.14. The lowest BCUT2D eigenvalue weighted by molar-refractivity contribution is -0.129. The maximum Gasteiger partial charge on any atom is 0.332 e. The number of rotatable bonds is 8. The van der Waals surface area contributed by atoms with Gasteiger partial charge in [0.15, 0.2) is 11.4 Å². The van der Waals surface area contributed by atoms with Gasteiger partial charge in [-0.15, -0.1) is 0 Å². The molecule has 0 aliphatic carbocycles. The topological polar surface area (TPSA) is 91.6 Å². The summed E-state index contributed by atoms with van der Waals surface area (Å²) >= 11 is 0. The van der Waals surface area contributed by atoms with Crippen molar-refractivity contribution in [2.75, 3.05) is 51.4 Å². The highest BCUT2D eigenvalue weighted by atomic mass is 16.5. The van der Waals surface area contributed by atoms with Crippen LogP contribution in [0.1, 0.15) is 43.2 Å². The van der Waals surface area contributed by atoms with Crippen molar-refractivity contribution in [3.05, 3.63) is 53.6 Å². The van der Waals surface area contributed by atoms with Crippen molar-refractivity contribution < 1.29 is 23.6 Å². The van der Waals surface area contributed by atoms with Crippen molar-refractivity contribution in [3.8, 4) is 5.75 Å². The van der Waals surface area contributed by atoms with Gasteiger partial charge in [-0.25, -0.2) is 4.79 Å². The Hall–Kier alpha value is -3.47. The van der Waals surface area contributed by atoms with E-state index in [4.69, 9.17) is 14.0 Å². The fraction of sp³-hybridized carbons (Fsp3) is 0.531. The summed E-state index contributed by atoms with van der Waals surface area (Å²) in [6, 6.07) is 14.4. The van der Waals surface area contributed by atoms with E-state index in [1.165, 1.54) is 42.7 Å². The van der Waals surface area contributed by atoms with Crippen molar-refractivity contribution >= 4 is 28.7 Å². The van der Waals surface area contributed by atoms with Gasteiger partial charge in [-0.2, -0.15) is 0 Å². The van der Waals surface area contributed by atoms with Gasteiger partial charge in [0.05, 0.1) is 19.0 Å². The van der Waals surface area contributed by atoms with E-state index in [0.29, 0.717) is 23.5 Å². The molecule has 2 unspecified atom stereocenters. The second kappa shape index (κ2) is 11.7. The van der Waals surface area contributed by atoms with Crippen molar-refractivity contribution in [1.82, 2.24) is 19.9 Å². The van der Waals surface area contributed by atoms with E-state index in [-0.39, 0.29) is 31.4 Å². The number of methoxy groups -OCH3 is 1. The van der Waals surface area contributed by atoms with Gasteiger partial charge in [0.25, 0.3) is 0 Å². The Morgan fingerprint density at radius 3 is 2.38 bits per heavy atom. The third kappa shape index (κ3) is 5.39. The summed E-state index contributed by atoms with van der Waals surface area (Å²) in [4.78, 5) is 34.6. The summed E-state index contributed by atoms with van der Waals surface area (Å²) in [7, 11) is 1.61. The summed E-state index contributed by atoms with van der Waals surface area (Å²) in [5, 5.41) is 5.10. The molecule has 42 heavy (non-hydrogen) atoms. The molecule has 5 aliphatic rings. The number of benzene rings is 2. The molecule has 5 saturated heterocycles. The first-order valence-corrected chi connectivity index (χ1v) is 15.2. The number of carbonyl (C=O) groups excluding carboxylic acids is 2. The van der Waals surface area contributed by atoms with Crippen LogP contribution in [0.25, 0.3) is 11.0 Å². The third-order valence-electron chi connectivity index (χ3n) is 9.56. The maximum atomic E-state index is 13.6. The average molecular weight is 574 g/mol. The first-order chi connectivity index (χ1) is 20.6. The minimum absolute atomic E-state index is 0.188. The molecule has 2 bridgehead atoms. The number of piperazine rings is 1. The summed E-state index contributed by atoms with van der Waals surface area (Å²) < 4.78 is 16.4. The van der Waals surface area contributed by atoms with Gasteiger partial charge in [0.2, 0.25) is 5.91 Å². The van der Waals surface area contributed by atoms with E-state index in [1.807, 2.05) is 30.3 Å². The third-order valence-corrected chi connectivity index (χ3v) is 9.56. The van der Waals surface area contributed by atoms with Crippen LogP contribution < -0.4 is 9.64 Å². The molecule has 3 aromatic rings. The molecule has 0 N–H and O–H groups in total. The molecule has 0 saturated carbocycles. The number of nitrogens with zero attached hydrogens (tertiary/aromatic N) is 5. The van der Waals surface area contributed by atoms with E-state index in [0.717, 1.165) is 55.5 Å². The van der Waals surface area contributed by atoms with Gasteiger partial charge >= 0.3 is 6.03 Å². The molecule has 2 atom stereocenters. The van der Waals surface area contributed by atoms with E-state index in [1.54, 1.807) is 12.0 Å². The molecular formula is C32H39N5O5. The normalized spacial score (nSPS) is 24.2. The molecule has 6 heterocycles. The first kappa shape index (κ1) is 27.4. The van der Waals surface area contributed by atoms with Crippen LogP contribution in [0.15, 0.2) is 47.0 Å². The quantitative estimate of drug-likeness (QED) is 0.395. The van der Waals surface area contributed by atoms with Gasteiger partial charge in [-0.1, -0.05) is 23.4 Å². The Morgan fingerprint density at radius 2 is 1.64 bits per heavy atom. The van der Waals surface area contributed by atoms with Crippen molar-refractivity contribution in [1.29, 1.82) is 0 Å². The second-order valence-corrected chi connectivity index (χ2v) is 12.2. The Balaban J connectivity index is 1.05. The van der Waals surface area contributed by atoms with Gasteiger partial charge in [0.1, 0.15) is 5.75 Å². The molecule has 5 aliphatic heterocycles. The predicted molar refractivity (Wildman–Crippen MR) is 157 cm³/mol. The minimum atomic E-state index is -0.374. The highest BCUT2D eigenvalue weighted by Gasteiger charge is 2.40. The molecule has 0 spiro atoms. The van der Waals surface area contributed by atoms with E-state index >= 15 is 0 Å². The Kier molecular flexibility index (Phi) is 7.60. The SMILES string of the molecule is COc1ccc(CN2C(=O)CCN(c3noc4ccc(CN5CC6CCC5CN6CC5CCOCC5)cc34)C2=O)cc1. The number of urea groups is 1. The van der Waals surface area contributed by atoms with Gasteiger partial charge in [-0.3, -0.25) is 24.4 Å². The summed E-state index contributed by atoms with van der Waals surface area (Å²) in [5.74, 6) is 1.78. The second-order valence-electron chi connectivity index (χ2n) is 12.2. The maximum absolute atomic E-state index is 13.6. The molecule has 222 valence electrons. The summed E-state index contributed by atoms with van der Waals surface area (Å²) in [6.07, 6.45) is 5.13. The molecule has 0 radical (unpaired) electrons. The Labute approximate surface area is 246 Å². The molecular weight excluding hydrogens is 534 g/mol. The summed E-state index contributed by atoms with van der Waals surface area (Å²) in [5.41, 5.74) is 2.68. The minimum Gasteiger partial charge on any atom is -0.497 e. The monoisotopic (exact) mass is 573 g/mol. The van der Waals surface area contributed by atoms with Gasteiger partial charge < -0.3 is 14.0 Å². The lowest BCUT2D eigenvalue weighted by atomic mass is 9.88. The van der Waals surface area contributed by atoms with E-state index in [2.05, 4.69) is 27.1 Å². The molecule has 1 aromatic heterocycles.